The Morgan fingerprint density at radius 3 is 2.50 bits per heavy atom. The molecule has 1 aromatic carbocycles. The van der Waals surface area contributed by atoms with E-state index in [1.165, 1.54) is 17.1 Å². The predicted octanol–water partition coefficient (Wildman–Crippen LogP) is 2.06. The Hall–Kier alpha value is -2.17. The normalized spacial score (nSPS) is 8.75. The van der Waals surface area contributed by atoms with Crippen molar-refractivity contribution >= 4 is 6.29 Å². The van der Waals surface area contributed by atoms with Crippen LogP contribution >= 0.6 is 0 Å². The van der Waals surface area contributed by atoms with Gasteiger partial charge in [0.05, 0.1) is 0 Å². The molecule has 0 fully saturated rings. The molecule has 1 heterocycles. The Balaban J connectivity index is 0.00000112. The number of hydrogen-bond acceptors (Lipinski definition) is 4. The maximum absolute atomic E-state index is 10.3. The van der Waals surface area contributed by atoms with E-state index >= 15 is 0 Å². The topological polar surface area (TPSA) is 68.0 Å². The molecule has 0 unspecified atom stereocenters. The summed E-state index contributed by atoms with van der Waals surface area (Å²) in [5, 5.41) is 13.3. The molecule has 0 amide bonds. The number of benzene rings is 1. The predicted molar refractivity (Wildman–Crippen MR) is 61.9 cm³/mol. The van der Waals surface area contributed by atoms with Gasteiger partial charge in [-0.25, -0.2) is 9.67 Å². The summed E-state index contributed by atoms with van der Waals surface area (Å²) in [7, 11) is 0. The van der Waals surface area contributed by atoms with Crippen LogP contribution in [0.15, 0.2) is 30.6 Å². The van der Waals surface area contributed by atoms with Gasteiger partial charge < -0.3 is 5.11 Å². The molecule has 5 nitrogen and oxygen atoms in total. The van der Waals surface area contributed by atoms with Gasteiger partial charge in [0.15, 0.2) is 6.29 Å². The number of phenols is 1. The third kappa shape index (κ3) is 2.44. The number of aromatic nitrogens is 3. The lowest BCUT2D eigenvalue weighted by atomic mass is 10.3. The number of nitrogens with zero attached hydrogens (tertiary/aromatic N) is 3. The quantitative estimate of drug-likeness (QED) is 0.788. The molecule has 0 spiro atoms. The van der Waals surface area contributed by atoms with Crippen LogP contribution in [-0.4, -0.2) is 26.2 Å². The number of hydrogen-bond donors (Lipinski definition) is 1. The lowest BCUT2D eigenvalue weighted by Gasteiger charge is -2.01. The number of rotatable bonds is 2. The fourth-order valence-electron chi connectivity index (χ4n) is 1.10. The van der Waals surface area contributed by atoms with Crippen molar-refractivity contribution in [2.24, 2.45) is 0 Å². The summed E-state index contributed by atoms with van der Waals surface area (Å²) >= 11 is 0. The van der Waals surface area contributed by atoms with Crippen molar-refractivity contribution in [3.63, 3.8) is 0 Å². The van der Waals surface area contributed by atoms with E-state index in [-0.39, 0.29) is 26.4 Å². The van der Waals surface area contributed by atoms with Crippen LogP contribution in [-0.2, 0) is 0 Å². The molecule has 1 N–H and O–H groups in total. The van der Waals surface area contributed by atoms with E-state index in [9.17, 15) is 9.90 Å². The second-order valence-corrected chi connectivity index (χ2v) is 2.65. The zero-order valence-corrected chi connectivity index (χ0v) is 7.16. The first kappa shape index (κ1) is 13.8. The molecule has 1 aromatic heterocycles. The Morgan fingerprint density at radius 2 is 1.94 bits per heavy atom. The molecule has 0 atom stereocenters. The van der Waals surface area contributed by atoms with Crippen molar-refractivity contribution in [1.29, 1.82) is 0 Å². The standard InChI is InChI=1S/C9H7N3O2.2CH4/c13-5-9-10-6-12(11-9)7-3-1-2-4-8(7)14;;/h1-6,14H;2*1H4. The number of phenolic OH excluding ortho intramolecular Hbond substituents is 1. The lowest BCUT2D eigenvalue weighted by molar-refractivity contribution is 0.111. The molecule has 0 bridgehead atoms. The van der Waals surface area contributed by atoms with Crippen LogP contribution in [0, 0.1) is 0 Å². The lowest BCUT2D eigenvalue weighted by Crippen LogP contribution is -1.95. The molecule has 0 aliphatic rings. The number of para-hydroxylation sites is 2. The average molecular weight is 221 g/mol. The summed E-state index contributed by atoms with van der Waals surface area (Å²) in [5.41, 5.74) is 0.494. The summed E-state index contributed by atoms with van der Waals surface area (Å²) in [6.45, 7) is 0. The molecule has 0 aliphatic heterocycles. The minimum absolute atomic E-state index is 0. The minimum atomic E-state index is 0. The van der Waals surface area contributed by atoms with Gasteiger partial charge in [0, 0.05) is 0 Å². The van der Waals surface area contributed by atoms with E-state index < -0.39 is 0 Å². The van der Waals surface area contributed by atoms with E-state index in [4.69, 9.17) is 0 Å². The molecule has 16 heavy (non-hydrogen) atoms. The first-order chi connectivity index (χ1) is 6.81. The van der Waals surface area contributed by atoms with Gasteiger partial charge in [0.2, 0.25) is 5.82 Å². The average Bonchev–Trinajstić information content (AvgIpc) is 2.67. The SMILES string of the molecule is C.C.O=Cc1ncn(-c2ccccc2O)n1. The molecule has 0 saturated heterocycles. The molecule has 2 aromatic rings. The van der Waals surface area contributed by atoms with Crippen LogP contribution in [0.3, 0.4) is 0 Å². The van der Waals surface area contributed by atoms with E-state index in [2.05, 4.69) is 10.1 Å². The van der Waals surface area contributed by atoms with Crippen LogP contribution in [0.4, 0.5) is 0 Å². The van der Waals surface area contributed by atoms with Crippen molar-refractivity contribution in [3.8, 4) is 11.4 Å². The Labute approximate surface area is 94.4 Å². The van der Waals surface area contributed by atoms with Gasteiger partial charge in [-0.15, -0.1) is 5.10 Å². The van der Waals surface area contributed by atoms with E-state index in [1.807, 2.05) is 0 Å². The van der Waals surface area contributed by atoms with Crippen LogP contribution in [0.5, 0.6) is 5.75 Å². The maximum Gasteiger partial charge on any atom is 0.214 e. The molecule has 0 aliphatic carbocycles. The second kappa shape index (κ2) is 5.65. The van der Waals surface area contributed by atoms with Gasteiger partial charge in [-0.05, 0) is 12.1 Å². The summed E-state index contributed by atoms with van der Waals surface area (Å²) in [6.07, 6.45) is 1.93. The first-order valence-electron chi connectivity index (χ1n) is 3.96. The van der Waals surface area contributed by atoms with Gasteiger partial charge in [-0.1, -0.05) is 27.0 Å². The molecular formula is C11H15N3O2. The molecule has 2 rings (SSSR count). The summed E-state index contributed by atoms with van der Waals surface area (Å²) in [4.78, 5) is 14.1. The van der Waals surface area contributed by atoms with Gasteiger partial charge in [-0.3, -0.25) is 4.79 Å². The maximum atomic E-state index is 10.3. The van der Waals surface area contributed by atoms with E-state index in [0.717, 1.165) is 0 Å². The number of aldehydes is 1. The van der Waals surface area contributed by atoms with Crippen molar-refractivity contribution in [2.45, 2.75) is 14.9 Å². The smallest absolute Gasteiger partial charge is 0.214 e. The van der Waals surface area contributed by atoms with Crippen LogP contribution in [0.2, 0.25) is 0 Å². The summed E-state index contributed by atoms with van der Waals surface area (Å²) in [6, 6.07) is 6.68. The van der Waals surface area contributed by atoms with Crippen molar-refractivity contribution < 1.29 is 9.90 Å². The number of aromatic hydroxyl groups is 1. The Bertz CT molecular complexity index is 466. The Kier molecular flexibility index (Phi) is 4.88. The van der Waals surface area contributed by atoms with Crippen molar-refractivity contribution in [1.82, 2.24) is 14.8 Å². The third-order valence-electron chi connectivity index (χ3n) is 1.74. The molecule has 86 valence electrons. The van der Waals surface area contributed by atoms with E-state index in [1.54, 1.807) is 18.2 Å². The molecule has 0 radical (unpaired) electrons. The van der Waals surface area contributed by atoms with Crippen molar-refractivity contribution in [2.75, 3.05) is 0 Å². The molecule has 0 saturated carbocycles. The van der Waals surface area contributed by atoms with Gasteiger partial charge in [0.25, 0.3) is 0 Å². The second-order valence-electron chi connectivity index (χ2n) is 2.65. The highest BCUT2D eigenvalue weighted by atomic mass is 16.3. The van der Waals surface area contributed by atoms with Crippen molar-refractivity contribution in [3.05, 3.63) is 36.4 Å². The van der Waals surface area contributed by atoms with E-state index in [0.29, 0.717) is 12.0 Å². The highest BCUT2D eigenvalue weighted by Gasteiger charge is 2.04. The van der Waals surface area contributed by atoms with Gasteiger partial charge >= 0.3 is 0 Å². The van der Waals surface area contributed by atoms with Gasteiger partial charge in [0.1, 0.15) is 17.8 Å². The minimum Gasteiger partial charge on any atom is -0.506 e. The zero-order chi connectivity index (χ0) is 9.97. The van der Waals surface area contributed by atoms with Crippen LogP contribution < -0.4 is 0 Å². The highest BCUT2D eigenvalue weighted by molar-refractivity contribution is 5.68. The largest absolute Gasteiger partial charge is 0.506 e. The summed E-state index contributed by atoms with van der Waals surface area (Å²) < 4.78 is 1.35. The number of carbonyl (C=O) groups is 1. The summed E-state index contributed by atoms with van der Waals surface area (Å²) in [5.74, 6) is 0.183. The van der Waals surface area contributed by atoms with Gasteiger partial charge in [-0.2, -0.15) is 0 Å². The fraction of sp³-hybridized carbons (Fsp3) is 0.182. The first-order valence-corrected chi connectivity index (χ1v) is 3.96. The zero-order valence-electron chi connectivity index (χ0n) is 7.16. The molecular weight excluding hydrogens is 206 g/mol. The molecule has 5 heteroatoms. The van der Waals surface area contributed by atoms with Crippen LogP contribution in [0.25, 0.3) is 5.69 Å². The fourth-order valence-corrected chi connectivity index (χ4v) is 1.10. The number of carbonyl (C=O) groups excluding carboxylic acids is 1. The third-order valence-corrected chi connectivity index (χ3v) is 1.74. The van der Waals surface area contributed by atoms with Crippen LogP contribution in [0.1, 0.15) is 25.5 Å². The Morgan fingerprint density at radius 1 is 1.25 bits per heavy atom. The highest BCUT2D eigenvalue weighted by Crippen LogP contribution is 2.18. The monoisotopic (exact) mass is 221 g/mol.